The number of hydrogen-bond acceptors (Lipinski definition) is 3. The summed E-state index contributed by atoms with van der Waals surface area (Å²) in [7, 11) is 0. The summed E-state index contributed by atoms with van der Waals surface area (Å²) in [6, 6.07) is 20.4. The highest BCUT2D eigenvalue weighted by Crippen LogP contribution is 2.46. The van der Waals surface area contributed by atoms with Crippen LogP contribution >= 0.6 is 0 Å². The summed E-state index contributed by atoms with van der Waals surface area (Å²) in [4.78, 5) is 16.0. The first kappa shape index (κ1) is 13.4. The van der Waals surface area contributed by atoms with Crippen molar-refractivity contribution < 1.29 is 4.92 Å². The molecule has 0 unspecified atom stereocenters. The Balaban J connectivity index is 2.13. The van der Waals surface area contributed by atoms with Crippen LogP contribution in [-0.4, -0.2) is 9.91 Å². The predicted octanol–water partition coefficient (Wildman–Crippen LogP) is 4.26. The van der Waals surface area contributed by atoms with E-state index in [1.165, 1.54) is 0 Å². The van der Waals surface area contributed by atoms with E-state index in [4.69, 9.17) is 0 Å². The van der Waals surface area contributed by atoms with E-state index in [2.05, 4.69) is 4.98 Å². The maximum Gasteiger partial charge on any atom is 0.285 e. The molecule has 0 saturated carbocycles. The van der Waals surface area contributed by atoms with Crippen molar-refractivity contribution in [2.24, 2.45) is 0 Å². The van der Waals surface area contributed by atoms with Crippen LogP contribution in [0.3, 0.4) is 0 Å². The fraction of sp³-hybridized carbons (Fsp3) is 0. The zero-order chi connectivity index (χ0) is 15.8. The normalized spacial score (nSPS) is 14.1. The first-order valence-electron chi connectivity index (χ1n) is 7.26. The molecule has 0 amide bonds. The van der Waals surface area contributed by atoms with Gasteiger partial charge in [-0.2, -0.15) is 0 Å². The number of aromatic nitrogens is 1. The van der Waals surface area contributed by atoms with E-state index in [1.54, 1.807) is 18.3 Å². The van der Waals surface area contributed by atoms with Gasteiger partial charge in [0.15, 0.2) is 0 Å². The van der Waals surface area contributed by atoms with E-state index in [1.807, 2.05) is 54.6 Å². The van der Waals surface area contributed by atoms with Gasteiger partial charge in [0.05, 0.1) is 21.8 Å². The molecule has 0 radical (unpaired) electrons. The molecular weight excluding hydrogens is 288 g/mol. The first-order valence-corrected chi connectivity index (χ1v) is 7.26. The van der Waals surface area contributed by atoms with Gasteiger partial charge in [-0.25, -0.2) is 0 Å². The monoisotopic (exact) mass is 300 g/mol. The van der Waals surface area contributed by atoms with E-state index in [0.717, 1.165) is 22.4 Å². The molecule has 0 saturated heterocycles. The zero-order valence-electron chi connectivity index (χ0n) is 12.1. The molecule has 2 aromatic carbocycles. The molecule has 0 fully saturated rings. The minimum atomic E-state index is -0.302. The Morgan fingerprint density at radius 3 is 2.22 bits per heavy atom. The molecule has 1 heterocycles. The molecule has 3 aromatic rings. The topological polar surface area (TPSA) is 56.0 Å². The van der Waals surface area contributed by atoms with E-state index in [-0.39, 0.29) is 10.6 Å². The van der Waals surface area contributed by atoms with Crippen molar-refractivity contribution in [3.05, 3.63) is 99.7 Å². The number of benzene rings is 2. The number of nitro groups is 1. The Morgan fingerprint density at radius 1 is 0.826 bits per heavy atom. The highest BCUT2D eigenvalue weighted by Gasteiger charge is 2.32. The zero-order valence-corrected chi connectivity index (χ0v) is 12.1. The van der Waals surface area contributed by atoms with Gasteiger partial charge >= 0.3 is 0 Å². The number of hydrogen-bond donors (Lipinski definition) is 0. The maximum absolute atomic E-state index is 11.8. The molecule has 1 aromatic heterocycles. The van der Waals surface area contributed by atoms with Gasteiger partial charge in [0.2, 0.25) is 0 Å². The molecule has 0 N–H and O–H groups in total. The minimum absolute atomic E-state index is 0.116. The van der Waals surface area contributed by atoms with Crippen LogP contribution in [0.1, 0.15) is 16.7 Å². The lowest BCUT2D eigenvalue weighted by atomic mass is 9.98. The van der Waals surface area contributed by atoms with Crippen LogP contribution in [-0.2, 0) is 0 Å². The van der Waals surface area contributed by atoms with Crippen molar-refractivity contribution in [2.75, 3.05) is 0 Å². The van der Waals surface area contributed by atoms with Crippen molar-refractivity contribution in [1.82, 2.24) is 4.98 Å². The maximum atomic E-state index is 11.8. The number of rotatable bonds is 2. The molecule has 1 aliphatic carbocycles. The lowest BCUT2D eigenvalue weighted by Crippen LogP contribution is -2.02. The summed E-state index contributed by atoms with van der Waals surface area (Å²) in [6.45, 7) is 0. The second kappa shape index (κ2) is 5.18. The molecule has 0 bridgehead atoms. The lowest BCUT2D eigenvalue weighted by molar-refractivity contribution is -0.374. The highest BCUT2D eigenvalue weighted by atomic mass is 16.6. The van der Waals surface area contributed by atoms with Gasteiger partial charge in [0.25, 0.3) is 5.70 Å². The third kappa shape index (κ3) is 2.04. The Labute approximate surface area is 132 Å². The summed E-state index contributed by atoms with van der Waals surface area (Å²) < 4.78 is 0. The summed E-state index contributed by atoms with van der Waals surface area (Å²) in [5.74, 6) is 0. The lowest BCUT2D eigenvalue weighted by Gasteiger charge is -2.06. The Bertz CT molecular complexity index is 899. The van der Waals surface area contributed by atoms with Crippen LogP contribution in [0.2, 0.25) is 0 Å². The first-order chi connectivity index (χ1) is 11.3. The smallest absolute Gasteiger partial charge is 0.258 e. The third-order valence-electron chi connectivity index (χ3n) is 4.00. The summed E-state index contributed by atoms with van der Waals surface area (Å²) in [5, 5.41) is 11.8. The van der Waals surface area contributed by atoms with Gasteiger partial charge < -0.3 is 0 Å². The molecule has 0 atom stereocenters. The molecule has 4 rings (SSSR count). The van der Waals surface area contributed by atoms with Gasteiger partial charge in [0, 0.05) is 17.3 Å². The van der Waals surface area contributed by atoms with Crippen LogP contribution in [0.25, 0.3) is 22.5 Å². The van der Waals surface area contributed by atoms with Crippen LogP contribution in [0.5, 0.6) is 0 Å². The molecule has 110 valence electrons. The number of nitrogens with zero attached hydrogens (tertiary/aromatic N) is 2. The highest BCUT2D eigenvalue weighted by molar-refractivity contribution is 6.07. The standard InChI is InChI=1S/C19H12N2O2/c22-21(23)19(13-7-2-1-3-8-13)17-14-9-4-5-10-15(14)18-16(17)11-6-12-20-18/h1-12H/b19-17+. The van der Waals surface area contributed by atoms with Crippen molar-refractivity contribution in [1.29, 1.82) is 0 Å². The van der Waals surface area contributed by atoms with E-state index in [0.29, 0.717) is 11.1 Å². The fourth-order valence-corrected chi connectivity index (χ4v) is 3.07. The summed E-state index contributed by atoms with van der Waals surface area (Å²) in [6.07, 6.45) is 1.72. The third-order valence-corrected chi connectivity index (χ3v) is 4.00. The largest absolute Gasteiger partial charge is 0.285 e. The van der Waals surface area contributed by atoms with E-state index < -0.39 is 0 Å². The summed E-state index contributed by atoms with van der Waals surface area (Å²) >= 11 is 0. The molecule has 23 heavy (non-hydrogen) atoms. The van der Waals surface area contributed by atoms with E-state index >= 15 is 0 Å². The molecular formula is C19H12N2O2. The Morgan fingerprint density at radius 2 is 1.48 bits per heavy atom. The van der Waals surface area contributed by atoms with Crippen molar-refractivity contribution in [2.45, 2.75) is 0 Å². The van der Waals surface area contributed by atoms with Crippen LogP contribution in [0.4, 0.5) is 0 Å². The molecule has 1 aliphatic rings. The Hall–Kier alpha value is -3.27. The molecule has 4 heteroatoms. The second-order valence-corrected chi connectivity index (χ2v) is 5.29. The SMILES string of the molecule is O=[N+]([O-])/C(=C1\c2ccccc2-c2ncccc21)c1ccccc1. The fourth-order valence-electron chi connectivity index (χ4n) is 3.07. The van der Waals surface area contributed by atoms with Crippen LogP contribution in [0.15, 0.2) is 72.9 Å². The van der Waals surface area contributed by atoms with Gasteiger partial charge in [-0.05, 0) is 23.8 Å². The number of fused-ring (bicyclic) bond motifs is 3. The quantitative estimate of drug-likeness (QED) is 0.410. The average Bonchev–Trinajstić information content (AvgIpc) is 2.91. The van der Waals surface area contributed by atoms with Gasteiger partial charge in [-0.1, -0.05) is 48.5 Å². The molecule has 0 aliphatic heterocycles. The van der Waals surface area contributed by atoms with Gasteiger partial charge in [-0.3, -0.25) is 15.1 Å². The molecule has 4 nitrogen and oxygen atoms in total. The predicted molar refractivity (Wildman–Crippen MR) is 89.0 cm³/mol. The van der Waals surface area contributed by atoms with Crippen molar-refractivity contribution >= 4 is 11.3 Å². The van der Waals surface area contributed by atoms with Crippen LogP contribution < -0.4 is 0 Å². The van der Waals surface area contributed by atoms with Gasteiger partial charge in [0.1, 0.15) is 0 Å². The van der Waals surface area contributed by atoms with Crippen LogP contribution in [0, 0.1) is 10.1 Å². The van der Waals surface area contributed by atoms with Crippen molar-refractivity contribution in [3.63, 3.8) is 0 Å². The minimum Gasteiger partial charge on any atom is -0.258 e. The van der Waals surface area contributed by atoms with Gasteiger partial charge in [-0.15, -0.1) is 0 Å². The summed E-state index contributed by atoms with van der Waals surface area (Å²) in [5.41, 5.74) is 4.76. The number of pyridine rings is 1. The molecule has 0 spiro atoms. The second-order valence-electron chi connectivity index (χ2n) is 5.29. The van der Waals surface area contributed by atoms with Crippen molar-refractivity contribution in [3.8, 4) is 11.3 Å². The Kier molecular flexibility index (Phi) is 3.01. The van der Waals surface area contributed by atoms with E-state index in [9.17, 15) is 10.1 Å². The average molecular weight is 300 g/mol.